The van der Waals surface area contributed by atoms with Gasteiger partial charge in [0, 0.05) is 11.1 Å². The third-order valence-corrected chi connectivity index (χ3v) is 3.41. The van der Waals surface area contributed by atoms with Crippen molar-refractivity contribution in [3.8, 4) is 5.75 Å². The normalized spacial score (nSPS) is 12.2. The molecular weight excluding hydrogens is 277 g/mol. The van der Waals surface area contributed by atoms with Gasteiger partial charge in [-0.1, -0.05) is 17.7 Å². The molecule has 2 rings (SSSR count). The van der Waals surface area contributed by atoms with Crippen LogP contribution in [0, 0.1) is 12.7 Å². The zero-order valence-electron chi connectivity index (χ0n) is 11.5. The minimum absolute atomic E-state index is 0.270. The summed E-state index contributed by atoms with van der Waals surface area (Å²) in [5.74, 6) is 0.464. The maximum atomic E-state index is 13.4. The molecule has 2 aromatic rings. The Balaban J connectivity index is 2.27. The first kappa shape index (κ1) is 14.8. The van der Waals surface area contributed by atoms with E-state index in [9.17, 15) is 4.39 Å². The summed E-state index contributed by atoms with van der Waals surface area (Å²) in [7, 11) is 1.60. The van der Waals surface area contributed by atoms with Crippen molar-refractivity contribution in [2.75, 3.05) is 7.11 Å². The van der Waals surface area contributed by atoms with Gasteiger partial charge in [0.1, 0.15) is 11.6 Å². The Morgan fingerprint density at radius 2 is 2.00 bits per heavy atom. The predicted molar refractivity (Wildman–Crippen MR) is 79.8 cm³/mol. The number of halogens is 2. The first-order chi connectivity index (χ1) is 9.49. The van der Waals surface area contributed by atoms with Crippen LogP contribution in [0.1, 0.15) is 22.7 Å². The van der Waals surface area contributed by atoms with E-state index >= 15 is 0 Å². The van der Waals surface area contributed by atoms with Crippen LogP contribution in [-0.2, 0) is 6.42 Å². The first-order valence-electron chi connectivity index (χ1n) is 6.34. The van der Waals surface area contributed by atoms with Crippen molar-refractivity contribution in [1.82, 2.24) is 0 Å². The van der Waals surface area contributed by atoms with Crippen LogP contribution in [0.5, 0.6) is 5.75 Å². The molecule has 0 aromatic heterocycles. The molecule has 0 bridgehead atoms. The Morgan fingerprint density at radius 1 is 1.25 bits per heavy atom. The topological polar surface area (TPSA) is 35.2 Å². The monoisotopic (exact) mass is 293 g/mol. The zero-order chi connectivity index (χ0) is 14.7. The largest absolute Gasteiger partial charge is 0.496 e. The van der Waals surface area contributed by atoms with Crippen molar-refractivity contribution < 1.29 is 9.13 Å². The van der Waals surface area contributed by atoms with Crippen LogP contribution >= 0.6 is 11.6 Å². The Bertz CT molecular complexity index is 595. The molecule has 0 radical (unpaired) electrons. The lowest BCUT2D eigenvalue weighted by Gasteiger charge is -2.15. The standard InChI is InChI=1S/C16H17ClFNO/c1-10-5-11(8-14(18)6-10)15(19)9-12-7-13(17)3-4-16(12)20-2/h3-8,15H,9,19H2,1-2H3. The van der Waals surface area contributed by atoms with Gasteiger partial charge in [0.2, 0.25) is 0 Å². The third kappa shape index (κ3) is 3.50. The van der Waals surface area contributed by atoms with Gasteiger partial charge in [0.15, 0.2) is 0 Å². The quantitative estimate of drug-likeness (QED) is 0.923. The Labute approximate surface area is 123 Å². The van der Waals surface area contributed by atoms with E-state index in [0.717, 1.165) is 22.4 Å². The number of aryl methyl sites for hydroxylation is 1. The summed E-state index contributed by atoms with van der Waals surface area (Å²) in [6.45, 7) is 1.85. The van der Waals surface area contributed by atoms with Gasteiger partial charge >= 0.3 is 0 Å². The fourth-order valence-corrected chi connectivity index (χ4v) is 2.43. The molecule has 0 amide bonds. The second-order valence-electron chi connectivity index (χ2n) is 4.83. The molecule has 2 nitrogen and oxygen atoms in total. The minimum Gasteiger partial charge on any atom is -0.496 e. The summed E-state index contributed by atoms with van der Waals surface area (Å²) in [6, 6.07) is 9.93. The molecule has 20 heavy (non-hydrogen) atoms. The van der Waals surface area contributed by atoms with E-state index in [1.165, 1.54) is 12.1 Å². The van der Waals surface area contributed by atoms with Crippen molar-refractivity contribution in [2.24, 2.45) is 5.73 Å². The van der Waals surface area contributed by atoms with Gasteiger partial charge in [-0.15, -0.1) is 0 Å². The highest BCUT2D eigenvalue weighted by Gasteiger charge is 2.12. The Morgan fingerprint density at radius 3 is 2.65 bits per heavy atom. The fraction of sp³-hybridized carbons (Fsp3) is 0.250. The second kappa shape index (κ2) is 6.25. The summed E-state index contributed by atoms with van der Waals surface area (Å²) in [4.78, 5) is 0. The molecule has 2 aromatic carbocycles. The highest BCUT2D eigenvalue weighted by atomic mass is 35.5. The van der Waals surface area contributed by atoms with Crippen LogP contribution in [0.3, 0.4) is 0 Å². The Hall–Kier alpha value is -1.58. The van der Waals surface area contributed by atoms with Gasteiger partial charge in [-0.25, -0.2) is 4.39 Å². The molecule has 2 N–H and O–H groups in total. The van der Waals surface area contributed by atoms with Crippen LogP contribution in [0.4, 0.5) is 4.39 Å². The summed E-state index contributed by atoms with van der Waals surface area (Å²) < 4.78 is 18.7. The third-order valence-electron chi connectivity index (χ3n) is 3.17. The van der Waals surface area contributed by atoms with Crippen LogP contribution in [-0.4, -0.2) is 7.11 Å². The van der Waals surface area contributed by atoms with Gasteiger partial charge in [-0.2, -0.15) is 0 Å². The van der Waals surface area contributed by atoms with E-state index in [4.69, 9.17) is 22.1 Å². The smallest absolute Gasteiger partial charge is 0.123 e. The highest BCUT2D eigenvalue weighted by molar-refractivity contribution is 6.30. The van der Waals surface area contributed by atoms with E-state index in [1.807, 2.05) is 19.1 Å². The minimum atomic E-state index is -0.309. The number of ether oxygens (including phenoxy) is 1. The molecule has 0 fully saturated rings. The fourth-order valence-electron chi connectivity index (χ4n) is 2.24. The zero-order valence-corrected chi connectivity index (χ0v) is 12.2. The summed E-state index contributed by atoms with van der Waals surface area (Å²) >= 11 is 6.00. The lowest BCUT2D eigenvalue weighted by molar-refractivity contribution is 0.408. The van der Waals surface area contributed by atoms with Gasteiger partial charge in [-0.3, -0.25) is 0 Å². The number of hydrogen-bond acceptors (Lipinski definition) is 2. The lowest BCUT2D eigenvalue weighted by atomic mass is 9.97. The summed E-state index contributed by atoms with van der Waals surface area (Å²) in [5.41, 5.74) is 8.71. The predicted octanol–water partition coefficient (Wildman–Crippen LogP) is 4.04. The average molecular weight is 294 g/mol. The number of rotatable bonds is 4. The van der Waals surface area contributed by atoms with Gasteiger partial charge < -0.3 is 10.5 Å². The molecule has 0 aliphatic carbocycles. The molecule has 1 atom stereocenters. The summed E-state index contributed by atoms with van der Waals surface area (Å²) in [6.07, 6.45) is 0.534. The van der Waals surface area contributed by atoms with Crippen molar-refractivity contribution in [3.05, 3.63) is 63.9 Å². The van der Waals surface area contributed by atoms with Gasteiger partial charge in [0.05, 0.1) is 7.11 Å². The van der Waals surface area contributed by atoms with E-state index in [0.29, 0.717) is 11.4 Å². The molecule has 0 spiro atoms. The van der Waals surface area contributed by atoms with Crippen molar-refractivity contribution in [1.29, 1.82) is 0 Å². The van der Waals surface area contributed by atoms with Crippen LogP contribution in [0.15, 0.2) is 36.4 Å². The first-order valence-corrected chi connectivity index (χ1v) is 6.72. The Kier molecular flexibility index (Phi) is 4.63. The van der Waals surface area contributed by atoms with E-state index < -0.39 is 0 Å². The van der Waals surface area contributed by atoms with Crippen molar-refractivity contribution >= 4 is 11.6 Å². The number of methoxy groups -OCH3 is 1. The van der Waals surface area contributed by atoms with E-state index in [1.54, 1.807) is 19.2 Å². The molecule has 1 unspecified atom stereocenters. The van der Waals surface area contributed by atoms with E-state index in [2.05, 4.69) is 0 Å². The SMILES string of the molecule is COc1ccc(Cl)cc1CC(N)c1cc(C)cc(F)c1. The van der Waals surface area contributed by atoms with E-state index in [-0.39, 0.29) is 11.9 Å². The number of hydrogen-bond donors (Lipinski definition) is 1. The second-order valence-corrected chi connectivity index (χ2v) is 5.27. The molecule has 0 saturated carbocycles. The van der Waals surface area contributed by atoms with Crippen LogP contribution in [0.2, 0.25) is 5.02 Å². The highest BCUT2D eigenvalue weighted by Crippen LogP contribution is 2.27. The van der Waals surface area contributed by atoms with Gasteiger partial charge in [-0.05, 0) is 60.4 Å². The molecule has 0 aliphatic heterocycles. The molecule has 0 heterocycles. The lowest BCUT2D eigenvalue weighted by Crippen LogP contribution is -2.14. The maximum absolute atomic E-state index is 13.4. The maximum Gasteiger partial charge on any atom is 0.123 e. The summed E-state index contributed by atoms with van der Waals surface area (Å²) in [5, 5.41) is 0.628. The molecule has 0 saturated heterocycles. The molecule has 106 valence electrons. The number of benzene rings is 2. The van der Waals surface area contributed by atoms with Crippen molar-refractivity contribution in [2.45, 2.75) is 19.4 Å². The van der Waals surface area contributed by atoms with Crippen LogP contribution < -0.4 is 10.5 Å². The molecule has 4 heteroatoms. The molecular formula is C16H17ClFNO. The van der Waals surface area contributed by atoms with Crippen LogP contribution in [0.25, 0.3) is 0 Å². The number of nitrogens with two attached hydrogens (primary N) is 1. The average Bonchev–Trinajstić information content (AvgIpc) is 2.37. The van der Waals surface area contributed by atoms with Gasteiger partial charge in [0.25, 0.3) is 0 Å². The van der Waals surface area contributed by atoms with Crippen molar-refractivity contribution in [3.63, 3.8) is 0 Å². The molecule has 0 aliphatic rings.